The van der Waals surface area contributed by atoms with Crippen molar-refractivity contribution in [3.63, 3.8) is 0 Å². The van der Waals surface area contributed by atoms with E-state index in [4.69, 9.17) is 14.5 Å². The minimum Gasteiger partial charge on any atom is -0.382 e. The van der Waals surface area contributed by atoms with Crippen LogP contribution in [0.2, 0.25) is 0 Å². The van der Waals surface area contributed by atoms with Crippen LogP contribution in [0.4, 0.5) is 5.82 Å². The van der Waals surface area contributed by atoms with Gasteiger partial charge < -0.3 is 25.0 Å². The molecule has 1 fully saturated rings. The van der Waals surface area contributed by atoms with E-state index in [1.165, 1.54) is 0 Å². The predicted molar refractivity (Wildman–Crippen MR) is 117 cm³/mol. The summed E-state index contributed by atoms with van der Waals surface area (Å²) in [7, 11) is 0. The molecule has 2 heterocycles. The van der Waals surface area contributed by atoms with Crippen molar-refractivity contribution in [2.75, 3.05) is 57.5 Å². The maximum absolute atomic E-state index is 5.44. The number of anilines is 1. The molecule has 0 bridgehead atoms. The van der Waals surface area contributed by atoms with Crippen LogP contribution in [0.15, 0.2) is 23.3 Å². The van der Waals surface area contributed by atoms with Gasteiger partial charge in [-0.3, -0.25) is 0 Å². The molecule has 0 aromatic carbocycles. The Morgan fingerprint density at radius 2 is 2.12 bits per heavy atom. The van der Waals surface area contributed by atoms with Crippen LogP contribution in [-0.4, -0.2) is 63.6 Å². The number of aromatic nitrogens is 1. The third kappa shape index (κ3) is 8.05. The van der Waals surface area contributed by atoms with Crippen LogP contribution in [0.3, 0.4) is 0 Å². The highest BCUT2D eigenvalue weighted by Crippen LogP contribution is 2.19. The van der Waals surface area contributed by atoms with Gasteiger partial charge >= 0.3 is 0 Å². The van der Waals surface area contributed by atoms with Gasteiger partial charge in [0.1, 0.15) is 5.82 Å². The molecule has 1 aromatic rings. The van der Waals surface area contributed by atoms with Gasteiger partial charge in [-0.1, -0.05) is 6.07 Å². The lowest BCUT2D eigenvalue weighted by atomic mass is 10.2. The van der Waals surface area contributed by atoms with Gasteiger partial charge in [-0.25, -0.2) is 9.98 Å². The van der Waals surface area contributed by atoms with Crippen molar-refractivity contribution in [3.05, 3.63) is 23.9 Å². The Labute approximate surface area is 174 Å². The quantitative estimate of drug-likeness (QED) is 0.246. The number of halogens is 1. The number of hydrogen-bond acceptors (Lipinski definition) is 5. The van der Waals surface area contributed by atoms with Crippen LogP contribution in [-0.2, 0) is 16.0 Å². The summed E-state index contributed by atoms with van der Waals surface area (Å²) in [4.78, 5) is 11.6. The molecule has 0 unspecified atom stereocenters. The third-order valence-electron chi connectivity index (χ3n) is 3.89. The van der Waals surface area contributed by atoms with Crippen molar-refractivity contribution < 1.29 is 9.47 Å². The average Bonchev–Trinajstić information content (AvgIpc) is 2.67. The third-order valence-corrected chi connectivity index (χ3v) is 3.89. The molecule has 0 radical (unpaired) electrons. The summed E-state index contributed by atoms with van der Waals surface area (Å²) in [6, 6.07) is 4.07. The van der Waals surface area contributed by atoms with Gasteiger partial charge in [0.25, 0.3) is 0 Å². The molecule has 2 N–H and O–H groups in total. The zero-order valence-electron chi connectivity index (χ0n) is 15.9. The molecule has 7 nitrogen and oxygen atoms in total. The molecule has 1 saturated heterocycles. The lowest BCUT2D eigenvalue weighted by molar-refractivity contribution is 0.122. The fourth-order valence-corrected chi connectivity index (χ4v) is 2.64. The molecule has 26 heavy (non-hydrogen) atoms. The largest absolute Gasteiger partial charge is 0.382 e. The number of pyridine rings is 1. The van der Waals surface area contributed by atoms with E-state index in [1.54, 1.807) is 0 Å². The number of guanidine groups is 1. The first kappa shape index (κ1) is 22.9. The van der Waals surface area contributed by atoms with Crippen molar-refractivity contribution in [1.29, 1.82) is 0 Å². The minimum absolute atomic E-state index is 0. The first-order valence-electron chi connectivity index (χ1n) is 9.21. The molecule has 1 aliphatic rings. The summed E-state index contributed by atoms with van der Waals surface area (Å²) in [5, 5.41) is 6.64. The Morgan fingerprint density at radius 1 is 1.31 bits per heavy atom. The molecule has 2 rings (SSSR count). The number of morpholine rings is 1. The first-order valence-corrected chi connectivity index (χ1v) is 9.21. The summed E-state index contributed by atoms with van der Waals surface area (Å²) in [5.41, 5.74) is 1.14. The van der Waals surface area contributed by atoms with E-state index in [2.05, 4.69) is 33.5 Å². The van der Waals surface area contributed by atoms with Gasteiger partial charge in [0.05, 0.1) is 19.8 Å². The van der Waals surface area contributed by atoms with Gasteiger partial charge in [-0.05, 0) is 26.3 Å². The summed E-state index contributed by atoms with van der Waals surface area (Å²) >= 11 is 0. The second-order valence-corrected chi connectivity index (χ2v) is 5.76. The van der Waals surface area contributed by atoms with Crippen molar-refractivity contribution in [2.24, 2.45) is 4.99 Å². The number of ether oxygens (including phenoxy) is 2. The molecule has 1 aliphatic heterocycles. The second kappa shape index (κ2) is 14.0. The minimum atomic E-state index is 0. The van der Waals surface area contributed by atoms with E-state index in [9.17, 15) is 0 Å². The molecule has 0 spiro atoms. The summed E-state index contributed by atoms with van der Waals surface area (Å²) in [6.45, 7) is 11.2. The smallest absolute Gasteiger partial charge is 0.191 e. The molecule has 0 aliphatic carbocycles. The van der Waals surface area contributed by atoms with Crippen LogP contribution in [0.25, 0.3) is 0 Å². The van der Waals surface area contributed by atoms with Gasteiger partial charge in [0.2, 0.25) is 0 Å². The number of nitrogens with one attached hydrogen (secondary N) is 2. The topological polar surface area (TPSA) is 71.0 Å². The van der Waals surface area contributed by atoms with Gasteiger partial charge in [0, 0.05) is 51.2 Å². The second-order valence-electron chi connectivity index (χ2n) is 5.76. The number of rotatable bonds is 9. The van der Waals surface area contributed by atoms with Crippen molar-refractivity contribution in [3.8, 4) is 0 Å². The van der Waals surface area contributed by atoms with Crippen LogP contribution >= 0.6 is 24.0 Å². The summed E-state index contributed by atoms with van der Waals surface area (Å²) in [5.74, 6) is 1.84. The van der Waals surface area contributed by atoms with E-state index in [0.717, 1.165) is 76.4 Å². The fraction of sp³-hybridized carbons (Fsp3) is 0.667. The van der Waals surface area contributed by atoms with Gasteiger partial charge in [0.15, 0.2) is 5.96 Å². The molecular weight excluding hydrogens is 445 g/mol. The molecular formula is C18H32IN5O2. The fourth-order valence-electron chi connectivity index (χ4n) is 2.64. The predicted octanol–water partition coefficient (Wildman–Crippen LogP) is 2.02. The molecule has 8 heteroatoms. The summed E-state index contributed by atoms with van der Waals surface area (Å²) < 4.78 is 10.8. The Hall–Kier alpha value is -1.13. The van der Waals surface area contributed by atoms with Crippen molar-refractivity contribution in [2.45, 2.75) is 26.8 Å². The van der Waals surface area contributed by atoms with Crippen LogP contribution in [0, 0.1) is 0 Å². The lowest BCUT2D eigenvalue weighted by Crippen LogP contribution is -2.38. The van der Waals surface area contributed by atoms with Crippen LogP contribution in [0.1, 0.15) is 25.8 Å². The van der Waals surface area contributed by atoms with E-state index in [-0.39, 0.29) is 24.0 Å². The lowest BCUT2D eigenvalue weighted by Gasteiger charge is -2.29. The highest BCUT2D eigenvalue weighted by atomic mass is 127. The monoisotopic (exact) mass is 477 g/mol. The normalized spacial score (nSPS) is 14.7. The highest BCUT2D eigenvalue weighted by Gasteiger charge is 2.15. The number of aliphatic imine (C=N–C) groups is 1. The highest BCUT2D eigenvalue weighted by molar-refractivity contribution is 14.0. The molecule has 0 amide bonds. The number of hydrogen-bond donors (Lipinski definition) is 2. The SMILES string of the molecule is CCNC(=NCc1cccnc1N1CCOCC1)NCCCOCC.I. The van der Waals surface area contributed by atoms with Crippen LogP contribution < -0.4 is 15.5 Å². The van der Waals surface area contributed by atoms with Crippen molar-refractivity contribution in [1.82, 2.24) is 15.6 Å². The first-order chi connectivity index (χ1) is 12.3. The molecule has 148 valence electrons. The van der Waals surface area contributed by atoms with E-state index in [0.29, 0.717) is 6.54 Å². The molecule has 1 aromatic heterocycles. The maximum atomic E-state index is 5.44. The average molecular weight is 477 g/mol. The molecule has 0 atom stereocenters. The zero-order chi connectivity index (χ0) is 17.7. The van der Waals surface area contributed by atoms with E-state index in [1.807, 2.05) is 19.2 Å². The Balaban J connectivity index is 0.00000338. The van der Waals surface area contributed by atoms with Crippen LogP contribution in [0.5, 0.6) is 0 Å². The Kier molecular flexibility index (Phi) is 12.3. The number of nitrogens with zero attached hydrogens (tertiary/aromatic N) is 3. The van der Waals surface area contributed by atoms with E-state index < -0.39 is 0 Å². The Morgan fingerprint density at radius 3 is 2.85 bits per heavy atom. The Bertz CT molecular complexity index is 524. The molecule has 0 saturated carbocycles. The zero-order valence-corrected chi connectivity index (χ0v) is 18.2. The maximum Gasteiger partial charge on any atom is 0.191 e. The van der Waals surface area contributed by atoms with Gasteiger partial charge in [-0.15, -0.1) is 24.0 Å². The summed E-state index contributed by atoms with van der Waals surface area (Å²) in [6.07, 6.45) is 2.80. The van der Waals surface area contributed by atoms with E-state index >= 15 is 0 Å². The van der Waals surface area contributed by atoms with Gasteiger partial charge in [-0.2, -0.15) is 0 Å². The van der Waals surface area contributed by atoms with Crippen molar-refractivity contribution >= 4 is 35.8 Å². The standard InChI is InChI=1S/C18H31N5O2.HI/c1-3-19-18(21-9-6-12-24-4-2)22-15-16-7-5-8-20-17(16)23-10-13-25-14-11-23;/h5,7-8H,3-4,6,9-15H2,1-2H3,(H2,19,21,22);1H.